The summed E-state index contributed by atoms with van der Waals surface area (Å²) in [5.41, 5.74) is 6.72. The van der Waals surface area contributed by atoms with Crippen LogP contribution in [0.25, 0.3) is 0 Å². The van der Waals surface area contributed by atoms with Gasteiger partial charge < -0.3 is 10.6 Å². The molecule has 0 heterocycles. The maximum Gasteiger partial charge on any atom is 0.292 e. The summed E-state index contributed by atoms with van der Waals surface area (Å²) in [7, 11) is 2.04. The third kappa shape index (κ3) is 3.17. The molecule has 1 fully saturated rings. The van der Waals surface area contributed by atoms with Gasteiger partial charge in [0.2, 0.25) is 0 Å². The van der Waals surface area contributed by atoms with Gasteiger partial charge in [0, 0.05) is 19.2 Å². The van der Waals surface area contributed by atoms with E-state index in [0.29, 0.717) is 0 Å². The average Bonchev–Trinajstić information content (AvgIpc) is 3.04. The first-order valence-corrected chi connectivity index (χ1v) is 5.77. The number of nitrogens with two attached hydrogens (primary N) is 1. The van der Waals surface area contributed by atoms with Gasteiger partial charge in [-0.3, -0.25) is 10.1 Å². The molecule has 0 amide bonds. The van der Waals surface area contributed by atoms with Crippen LogP contribution in [0, 0.1) is 16.0 Å². The zero-order valence-electron chi connectivity index (χ0n) is 9.93. The SMILES string of the molecule is CN(Cc1ccc(N)c([N+](=O)[O-])c1)CC1CC1. The fourth-order valence-corrected chi connectivity index (χ4v) is 1.96. The summed E-state index contributed by atoms with van der Waals surface area (Å²) in [5, 5.41) is 10.8. The summed E-state index contributed by atoms with van der Waals surface area (Å²) in [6, 6.07) is 5.03. The smallest absolute Gasteiger partial charge is 0.292 e. The molecule has 0 radical (unpaired) electrons. The molecule has 2 rings (SSSR count). The third-order valence-electron chi connectivity index (χ3n) is 3.01. The molecule has 0 aromatic heterocycles. The quantitative estimate of drug-likeness (QED) is 0.481. The van der Waals surface area contributed by atoms with Crippen LogP contribution in [0.5, 0.6) is 0 Å². The number of nitro groups is 1. The van der Waals surface area contributed by atoms with Crippen LogP contribution in [0.15, 0.2) is 18.2 Å². The van der Waals surface area contributed by atoms with Gasteiger partial charge in [0.1, 0.15) is 5.69 Å². The molecule has 0 spiro atoms. The highest BCUT2D eigenvalue weighted by Crippen LogP contribution is 2.30. The highest BCUT2D eigenvalue weighted by atomic mass is 16.6. The first kappa shape index (κ1) is 11.9. The molecule has 92 valence electrons. The molecule has 1 aromatic rings. The molecule has 1 aliphatic rings. The number of nitrogen functional groups attached to an aromatic ring is 1. The fourth-order valence-electron chi connectivity index (χ4n) is 1.96. The van der Waals surface area contributed by atoms with Gasteiger partial charge >= 0.3 is 0 Å². The Kier molecular flexibility index (Phi) is 3.28. The normalized spacial score (nSPS) is 15.2. The van der Waals surface area contributed by atoms with E-state index in [1.165, 1.54) is 12.8 Å². The first-order chi connectivity index (χ1) is 8.06. The van der Waals surface area contributed by atoms with Crippen molar-refractivity contribution >= 4 is 11.4 Å². The molecule has 1 aliphatic carbocycles. The van der Waals surface area contributed by atoms with Gasteiger partial charge in [-0.15, -0.1) is 0 Å². The Morgan fingerprint density at radius 2 is 2.24 bits per heavy atom. The van der Waals surface area contributed by atoms with E-state index in [2.05, 4.69) is 4.90 Å². The second-order valence-corrected chi connectivity index (χ2v) is 4.79. The van der Waals surface area contributed by atoms with Crippen molar-refractivity contribution in [3.63, 3.8) is 0 Å². The van der Waals surface area contributed by atoms with E-state index >= 15 is 0 Å². The summed E-state index contributed by atoms with van der Waals surface area (Å²) in [6.07, 6.45) is 2.62. The second kappa shape index (κ2) is 4.71. The Balaban J connectivity index is 2.04. The molecule has 2 N–H and O–H groups in total. The Hall–Kier alpha value is -1.62. The third-order valence-corrected chi connectivity index (χ3v) is 3.01. The molecule has 0 bridgehead atoms. The van der Waals surface area contributed by atoms with Crippen LogP contribution in [0.3, 0.4) is 0 Å². The fraction of sp³-hybridized carbons (Fsp3) is 0.500. The molecule has 17 heavy (non-hydrogen) atoms. The van der Waals surface area contributed by atoms with Gasteiger partial charge in [0.15, 0.2) is 0 Å². The Morgan fingerprint density at radius 3 is 2.82 bits per heavy atom. The number of benzene rings is 1. The van der Waals surface area contributed by atoms with Crippen LogP contribution >= 0.6 is 0 Å². The minimum absolute atomic E-state index is 0.00215. The van der Waals surface area contributed by atoms with Crippen molar-refractivity contribution in [3.05, 3.63) is 33.9 Å². The lowest BCUT2D eigenvalue weighted by atomic mass is 10.1. The Bertz CT molecular complexity index is 430. The molecule has 5 heteroatoms. The van der Waals surface area contributed by atoms with E-state index in [4.69, 9.17) is 5.73 Å². The lowest BCUT2D eigenvalue weighted by Crippen LogP contribution is -2.20. The van der Waals surface area contributed by atoms with Crippen molar-refractivity contribution in [2.24, 2.45) is 5.92 Å². The number of rotatable bonds is 5. The van der Waals surface area contributed by atoms with Crippen molar-refractivity contribution in [1.29, 1.82) is 0 Å². The zero-order chi connectivity index (χ0) is 12.4. The molecule has 0 atom stereocenters. The summed E-state index contributed by atoms with van der Waals surface area (Å²) in [4.78, 5) is 12.5. The lowest BCUT2D eigenvalue weighted by Gasteiger charge is -2.16. The second-order valence-electron chi connectivity index (χ2n) is 4.79. The van der Waals surface area contributed by atoms with Gasteiger partial charge in [-0.05, 0) is 37.4 Å². The maximum atomic E-state index is 10.8. The van der Waals surface area contributed by atoms with E-state index in [1.807, 2.05) is 13.1 Å². The predicted octanol–water partition coefficient (Wildman–Crippen LogP) is 2.02. The highest BCUT2D eigenvalue weighted by Gasteiger charge is 2.23. The Morgan fingerprint density at radius 1 is 1.53 bits per heavy atom. The average molecular weight is 235 g/mol. The maximum absolute atomic E-state index is 10.8. The highest BCUT2D eigenvalue weighted by molar-refractivity contribution is 5.59. The van der Waals surface area contributed by atoms with Gasteiger partial charge in [-0.2, -0.15) is 0 Å². The van der Waals surface area contributed by atoms with Crippen LogP contribution in [0.4, 0.5) is 11.4 Å². The van der Waals surface area contributed by atoms with Crippen LogP contribution in [-0.4, -0.2) is 23.4 Å². The van der Waals surface area contributed by atoms with E-state index in [-0.39, 0.29) is 11.4 Å². The monoisotopic (exact) mass is 235 g/mol. The van der Waals surface area contributed by atoms with E-state index in [9.17, 15) is 10.1 Å². The molecule has 5 nitrogen and oxygen atoms in total. The number of nitro benzene ring substituents is 1. The minimum Gasteiger partial charge on any atom is -0.393 e. The van der Waals surface area contributed by atoms with E-state index < -0.39 is 4.92 Å². The number of hydrogen-bond acceptors (Lipinski definition) is 4. The number of anilines is 1. The standard InChI is InChI=1S/C12H17N3O2/c1-14(7-9-2-3-9)8-10-4-5-11(13)12(6-10)15(16)17/h4-6,9H,2-3,7-8,13H2,1H3. The van der Waals surface area contributed by atoms with Crippen LogP contribution in [0.1, 0.15) is 18.4 Å². The van der Waals surface area contributed by atoms with Gasteiger partial charge in [-0.25, -0.2) is 0 Å². The summed E-state index contributed by atoms with van der Waals surface area (Å²) < 4.78 is 0. The molecule has 1 aromatic carbocycles. The van der Waals surface area contributed by atoms with Crippen LogP contribution < -0.4 is 5.73 Å². The predicted molar refractivity (Wildman–Crippen MR) is 66.6 cm³/mol. The van der Waals surface area contributed by atoms with Crippen LogP contribution in [-0.2, 0) is 6.54 Å². The van der Waals surface area contributed by atoms with Gasteiger partial charge in [0.05, 0.1) is 4.92 Å². The molecular weight excluding hydrogens is 218 g/mol. The van der Waals surface area contributed by atoms with Crippen molar-refractivity contribution < 1.29 is 4.92 Å². The summed E-state index contributed by atoms with van der Waals surface area (Å²) in [6.45, 7) is 1.80. The summed E-state index contributed by atoms with van der Waals surface area (Å²) >= 11 is 0. The summed E-state index contributed by atoms with van der Waals surface area (Å²) in [5.74, 6) is 0.823. The van der Waals surface area contributed by atoms with E-state index in [1.54, 1.807) is 12.1 Å². The first-order valence-electron chi connectivity index (χ1n) is 5.77. The lowest BCUT2D eigenvalue weighted by molar-refractivity contribution is -0.384. The molecule has 0 saturated heterocycles. The Labute approximate surface area is 100 Å². The van der Waals surface area contributed by atoms with Crippen molar-refractivity contribution in [2.45, 2.75) is 19.4 Å². The van der Waals surface area contributed by atoms with E-state index in [0.717, 1.165) is 24.6 Å². The topological polar surface area (TPSA) is 72.4 Å². The van der Waals surface area contributed by atoms with Crippen molar-refractivity contribution in [3.8, 4) is 0 Å². The molecule has 0 aliphatic heterocycles. The van der Waals surface area contributed by atoms with Crippen LogP contribution in [0.2, 0.25) is 0 Å². The van der Waals surface area contributed by atoms with Crippen molar-refractivity contribution in [1.82, 2.24) is 4.90 Å². The zero-order valence-corrected chi connectivity index (χ0v) is 9.93. The molecular formula is C12H17N3O2. The van der Waals surface area contributed by atoms with Gasteiger partial charge in [-0.1, -0.05) is 6.07 Å². The molecule has 1 saturated carbocycles. The van der Waals surface area contributed by atoms with Crippen molar-refractivity contribution in [2.75, 3.05) is 19.3 Å². The molecule has 0 unspecified atom stereocenters. The largest absolute Gasteiger partial charge is 0.393 e. The minimum atomic E-state index is -0.431. The number of nitrogens with zero attached hydrogens (tertiary/aromatic N) is 2. The number of hydrogen-bond donors (Lipinski definition) is 1. The van der Waals surface area contributed by atoms with Gasteiger partial charge in [0.25, 0.3) is 5.69 Å².